The summed E-state index contributed by atoms with van der Waals surface area (Å²) in [6.07, 6.45) is 1.80. The molecule has 0 aliphatic carbocycles. The van der Waals surface area contributed by atoms with Crippen molar-refractivity contribution >= 4 is 27.1 Å². The van der Waals surface area contributed by atoms with Crippen LogP contribution in [0.15, 0.2) is 58.3 Å². The Morgan fingerprint density at radius 3 is 2.48 bits per heavy atom. The minimum absolute atomic E-state index is 0.0803. The Kier molecular flexibility index (Phi) is 5.91. The van der Waals surface area contributed by atoms with Gasteiger partial charge in [0.05, 0.1) is 9.79 Å². The molecule has 1 aliphatic rings. The molecule has 1 aliphatic heterocycles. The Balaban J connectivity index is 1.92. The molecule has 0 bridgehead atoms. The summed E-state index contributed by atoms with van der Waals surface area (Å²) in [5, 5.41) is 0. The van der Waals surface area contributed by atoms with Crippen molar-refractivity contribution in [1.82, 2.24) is 0 Å². The molecule has 0 N–H and O–H groups in total. The highest BCUT2D eigenvalue weighted by Crippen LogP contribution is 2.32. The van der Waals surface area contributed by atoms with E-state index in [1.54, 1.807) is 12.1 Å². The number of nitrogens with zero attached hydrogens (tertiary/aromatic N) is 1. The Morgan fingerprint density at radius 2 is 1.81 bits per heavy atom. The highest BCUT2D eigenvalue weighted by molar-refractivity contribution is 7.91. The monoisotopic (exact) mass is 415 g/mol. The van der Waals surface area contributed by atoms with Crippen molar-refractivity contribution in [3.63, 3.8) is 0 Å². The van der Waals surface area contributed by atoms with Crippen molar-refractivity contribution in [3.8, 4) is 5.75 Å². The number of benzene rings is 2. The molecule has 3 rings (SSSR count). The number of hydrogen-bond donors (Lipinski definition) is 0. The SMILES string of the molecule is CC1CCN(c2cccc(S(=O)(=O)c3cccc(OC(F)F)c3)c2)C(Cl)C1. The fraction of sp³-hybridized carbons (Fsp3) is 0.368. The Morgan fingerprint density at radius 1 is 1.15 bits per heavy atom. The summed E-state index contributed by atoms with van der Waals surface area (Å²) >= 11 is 6.45. The van der Waals surface area contributed by atoms with Gasteiger partial charge in [0, 0.05) is 12.2 Å². The highest BCUT2D eigenvalue weighted by Gasteiger charge is 2.26. The van der Waals surface area contributed by atoms with E-state index in [0.29, 0.717) is 5.92 Å². The molecule has 2 aromatic carbocycles. The van der Waals surface area contributed by atoms with Crippen molar-refractivity contribution in [2.45, 2.75) is 41.7 Å². The van der Waals surface area contributed by atoms with Gasteiger partial charge in [0.15, 0.2) is 0 Å². The lowest BCUT2D eigenvalue weighted by atomic mass is 9.98. The number of halogens is 3. The molecule has 0 amide bonds. The standard InChI is InChI=1S/C19H20ClF2NO3S/c1-13-8-9-23(18(20)10-13)14-4-2-6-16(11-14)27(24,25)17-7-3-5-15(12-17)26-19(21)22/h2-7,11-13,18-19H,8-10H2,1H3. The third-order valence-corrected chi connectivity index (χ3v) is 6.76. The maximum Gasteiger partial charge on any atom is 0.387 e. The number of sulfone groups is 1. The molecule has 8 heteroatoms. The minimum atomic E-state index is -3.88. The van der Waals surface area contributed by atoms with Gasteiger partial charge in [-0.3, -0.25) is 0 Å². The number of anilines is 1. The molecule has 146 valence electrons. The topological polar surface area (TPSA) is 46.6 Å². The first-order chi connectivity index (χ1) is 12.8. The zero-order valence-corrected chi connectivity index (χ0v) is 16.3. The molecule has 1 fully saturated rings. The second-order valence-corrected chi connectivity index (χ2v) is 9.07. The van der Waals surface area contributed by atoms with Crippen molar-refractivity contribution < 1.29 is 21.9 Å². The summed E-state index contributed by atoms with van der Waals surface area (Å²) in [5.41, 5.74) is 0.525. The van der Waals surface area contributed by atoms with Gasteiger partial charge in [0.2, 0.25) is 9.84 Å². The second-order valence-electron chi connectivity index (χ2n) is 6.61. The van der Waals surface area contributed by atoms with E-state index >= 15 is 0 Å². The van der Waals surface area contributed by atoms with Crippen LogP contribution in [-0.2, 0) is 9.84 Å². The van der Waals surface area contributed by atoms with E-state index < -0.39 is 16.4 Å². The summed E-state index contributed by atoms with van der Waals surface area (Å²) < 4.78 is 55.0. The van der Waals surface area contributed by atoms with E-state index in [2.05, 4.69) is 11.7 Å². The number of ether oxygens (including phenoxy) is 1. The zero-order valence-electron chi connectivity index (χ0n) is 14.7. The predicted octanol–water partition coefficient (Wildman–Crippen LogP) is 4.92. The average molecular weight is 416 g/mol. The molecule has 27 heavy (non-hydrogen) atoms. The second kappa shape index (κ2) is 8.02. The smallest absolute Gasteiger partial charge is 0.387 e. The van der Waals surface area contributed by atoms with Gasteiger partial charge in [-0.1, -0.05) is 30.7 Å². The summed E-state index contributed by atoms with van der Waals surface area (Å²) in [6.45, 7) is -0.132. The van der Waals surface area contributed by atoms with E-state index in [0.717, 1.165) is 31.1 Å². The van der Waals surface area contributed by atoms with Crippen LogP contribution >= 0.6 is 11.6 Å². The normalized spacial score (nSPS) is 20.7. The Labute approximate surface area is 162 Å². The molecule has 2 unspecified atom stereocenters. The largest absolute Gasteiger partial charge is 0.435 e. The molecule has 4 nitrogen and oxygen atoms in total. The Hall–Kier alpha value is -1.86. The van der Waals surface area contributed by atoms with Gasteiger partial charge in [0.25, 0.3) is 0 Å². The maximum absolute atomic E-state index is 12.9. The van der Waals surface area contributed by atoms with Crippen LogP contribution in [0.2, 0.25) is 0 Å². The number of piperidine rings is 1. The van der Waals surface area contributed by atoms with Crippen molar-refractivity contribution in [2.75, 3.05) is 11.4 Å². The quantitative estimate of drug-likeness (QED) is 0.513. The summed E-state index contributed by atoms with van der Waals surface area (Å²) in [6, 6.07) is 11.6. The van der Waals surface area contributed by atoms with Crippen LogP contribution in [0.25, 0.3) is 0 Å². The van der Waals surface area contributed by atoms with Gasteiger partial charge >= 0.3 is 6.61 Å². The van der Waals surface area contributed by atoms with E-state index in [9.17, 15) is 17.2 Å². The van der Waals surface area contributed by atoms with E-state index in [-0.39, 0.29) is 21.0 Å². The first-order valence-corrected chi connectivity index (χ1v) is 10.5. The van der Waals surface area contributed by atoms with E-state index in [4.69, 9.17) is 11.6 Å². The van der Waals surface area contributed by atoms with Gasteiger partial charge in [-0.05, 0) is 55.2 Å². The van der Waals surface area contributed by atoms with Crippen LogP contribution in [0.4, 0.5) is 14.5 Å². The first kappa shape index (κ1) is 19.9. The molecular formula is C19H20ClF2NO3S. The molecule has 2 aromatic rings. The number of rotatable bonds is 5. The van der Waals surface area contributed by atoms with Crippen LogP contribution < -0.4 is 9.64 Å². The molecular weight excluding hydrogens is 396 g/mol. The molecule has 1 saturated heterocycles. The highest BCUT2D eigenvalue weighted by atomic mass is 35.5. The molecule has 0 aromatic heterocycles. The van der Waals surface area contributed by atoms with Gasteiger partial charge < -0.3 is 9.64 Å². The maximum atomic E-state index is 12.9. The lowest BCUT2D eigenvalue weighted by Gasteiger charge is -2.36. The van der Waals surface area contributed by atoms with Crippen LogP contribution in [-0.4, -0.2) is 27.1 Å². The summed E-state index contributed by atoms with van der Waals surface area (Å²) in [7, 11) is -3.88. The lowest BCUT2D eigenvalue weighted by molar-refractivity contribution is -0.0499. The summed E-state index contributed by atoms with van der Waals surface area (Å²) in [5.74, 6) is 0.321. The third-order valence-electron chi connectivity index (χ3n) is 4.60. The molecule has 2 atom stereocenters. The van der Waals surface area contributed by atoms with Crippen molar-refractivity contribution in [3.05, 3.63) is 48.5 Å². The molecule has 1 heterocycles. The zero-order chi connectivity index (χ0) is 19.6. The fourth-order valence-electron chi connectivity index (χ4n) is 3.15. The summed E-state index contributed by atoms with van der Waals surface area (Å²) in [4.78, 5) is 1.96. The van der Waals surface area contributed by atoms with Crippen LogP contribution in [0.3, 0.4) is 0 Å². The third kappa shape index (κ3) is 4.52. The molecule has 0 saturated carbocycles. The van der Waals surface area contributed by atoms with E-state index in [1.807, 2.05) is 11.0 Å². The predicted molar refractivity (Wildman–Crippen MR) is 100 cm³/mol. The van der Waals surface area contributed by atoms with Crippen LogP contribution in [0.5, 0.6) is 5.75 Å². The lowest BCUT2D eigenvalue weighted by Crippen LogP contribution is -2.38. The Bertz CT molecular complexity index is 907. The van der Waals surface area contributed by atoms with Crippen LogP contribution in [0.1, 0.15) is 19.8 Å². The van der Waals surface area contributed by atoms with Crippen molar-refractivity contribution in [1.29, 1.82) is 0 Å². The molecule has 0 radical (unpaired) electrons. The van der Waals surface area contributed by atoms with E-state index in [1.165, 1.54) is 24.3 Å². The van der Waals surface area contributed by atoms with Gasteiger partial charge in [-0.15, -0.1) is 0 Å². The number of alkyl halides is 3. The van der Waals surface area contributed by atoms with Gasteiger partial charge in [-0.25, -0.2) is 8.42 Å². The number of hydrogen-bond acceptors (Lipinski definition) is 4. The minimum Gasteiger partial charge on any atom is -0.435 e. The molecule has 0 spiro atoms. The van der Waals surface area contributed by atoms with Gasteiger partial charge in [0.1, 0.15) is 11.3 Å². The van der Waals surface area contributed by atoms with Crippen LogP contribution in [0, 0.1) is 5.92 Å². The average Bonchev–Trinajstić information content (AvgIpc) is 2.61. The van der Waals surface area contributed by atoms with Gasteiger partial charge in [-0.2, -0.15) is 8.78 Å². The van der Waals surface area contributed by atoms with Crippen molar-refractivity contribution in [2.24, 2.45) is 5.92 Å². The fourth-order valence-corrected chi connectivity index (χ4v) is 5.00. The first-order valence-electron chi connectivity index (χ1n) is 8.58.